The lowest BCUT2D eigenvalue weighted by molar-refractivity contribution is -0.321. The SMILES string of the molecule is COC(=O)C1(C)CCC2C(CC=C3CC(OC(C)=O)CCC32C)C1CC(=O)OOC(C)(C)C. The summed E-state index contributed by atoms with van der Waals surface area (Å²) in [5.41, 5.74) is -0.0400. The van der Waals surface area contributed by atoms with Gasteiger partial charge in [-0.3, -0.25) is 14.5 Å². The first-order valence-electron chi connectivity index (χ1n) is 12.1. The van der Waals surface area contributed by atoms with Crippen LogP contribution in [0, 0.1) is 28.6 Å². The fourth-order valence-electron chi connectivity index (χ4n) is 6.53. The van der Waals surface area contributed by atoms with E-state index in [1.54, 1.807) is 0 Å². The monoisotopic (exact) mass is 464 g/mol. The predicted octanol–water partition coefficient (Wildman–Crippen LogP) is 4.92. The van der Waals surface area contributed by atoms with Gasteiger partial charge in [0.1, 0.15) is 11.7 Å². The molecule has 3 rings (SSSR count). The standard InChI is InChI=1S/C26H40O7/c1-16(27)31-18-10-12-25(5)17(14-18)8-9-19-20(25)11-13-26(6,23(29)30-7)21(19)15-22(28)32-33-24(2,3)4/h8,18-21H,9-15H2,1-7H3. The van der Waals surface area contributed by atoms with Gasteiger partial charge in [0.2, 0.25) is 0 Å². The van der Waals surface area contributed by atoms with Crippen molar-refractivity contribution in [2.45, 2.75) is 98.2 Å². The Morgan fingerprint density at radius 3 is 2.42 bits per heavy atom. The average Bonchev–Trinajstić information content (AvgIpc) is 2.73. The second-order valence-corrected chi connectivity index (χ2v) is 11.5. The van der Waals surface area contributed by atoms with Crippen molar-refractivity contribution in [2.24, 2.45) is 28.6 Å². The molecule has 33 heavy (non-hydrogen) atoms. The molecule has 3 aliphatic rings. The van der Waals surface area contributed by atoms with Gasteiger partial charge in [-0.25, -0.2) is 4.79 Å². The second-order valence-electron chi connectivity index (χ2n) is 11.5. The Balaban J connectivity index is 1.86. The van der Waals surface area contributed by atoms with Crippen LogP contribution in [0.4, 0.5) is 0 Å². The van der Waals surface area contributed by atoms with E-state index >= 15 is 0 Å². The molecule has 0 radical (unpaired) electrons. The minimum absolute atomic E-state index is 0.0267. The summed E-state index contributed by atoms with van der Waals surface area (Å²) < 4.78 is 10.7. The van der Waals surface area contributed by atoms with Gasteiger partial charge in [-0.2, -0.15) is 4.89 Å². The molecule has 6 atom stereocenters. The van der Waals surface area contributed by atoms with Crippen LogP contribution in [-0.4, -0.2) is 36.7 Å². The molecule has 0 aromatic heterocycles. The highest BCUT2D eigenvalue weighted by Crippen LogP contribution is 2.62. The molecule has 0 aliphatic heterocycles. The molecule has 2 saturated carbocycles. The maximum absolute atomic E-state index is 12.9. The topological polar surface area (TPSA) is 88.1 Å². The molecule has 2 fully saturated rings. The highest BCUT2D eigenvalue weighted by molar-refractivity contribution is 5.78. The number of esters is 2. The third kappa shape index (κ3) is 5.28. The van der Waals surface area contributed by atoms with Gasteiger partial charge < -0.3 is 9.47 Å². The Kier molecular flexibility index (Phi) is 7.33. The Labute approximate surface area is 197 Å². The van der Waals surface area contributed by atoms with E-state index in [-0.39, 0.29) is 41.7 Å². The van der Waals surface area contributed by atoms with Crippen LogP contribution in [0.25, 0.3) is 0 Å². The number of allylic oxidation sites excluding steroid dienone is 1. The molecule has 7 nitrogen and oxygen atoms in total. The normalized spacial score (nSPS) is 36.0. The number of fused-ring (bicyclic) bond motifs is 3. The fraction of sp³-hybridized carbons (Fsp3) is 0.808. The van der Waals surface area contributed by atoms with Crippen LogP contribution in [0.5, 0.6) is 0 Å². The first-order valence-corrected chi connectivity index (χ1v) is 12.1. The highest BCUT2D eigenvalue weighted by Gasteiger charge is 2.58. The molecule has 0 bridgehead atoms. The first kappa shape index (κ1) is 25.7. The third-order valence-corrected chi connectivity index (χ3v) is 8.20. The van der Waals surface area contributed by atoms with Crippen molar-refractivity contribution in [1.82, 2.24) is 0 Å². The lowest BCUT2D eigenvalue weighted by atomic mass is 9.47. The molecule has 0 aromatic carbocycles. The van der Waals surface area contributed by atoms with Gasteiger partial charge in [-0.05, 0) is 83.0 Å². The summed E-state index contributed by atoms with van der Waals surface area (Å²) in [6, 6.07) is 0. The van der Waals surface area contributed by atoms with Crippen LogP contribution in [0.3, 0.4) is 0 Å². The lowest BCUT2D eigenvalue weighted by Crippen LogP contribution is -2.53. The van der Waals surface area contributed by atoms with Crippen LogP contribution >= 0.6 is 0 Å². The van der Waals surface area contributed by atoms with Crippen molar-refractivity contribution in [3.8, 4) is 0 Å². The Bertz CT molecular complexity index is 810. The number of carbonyl (C=O) groups excluding carboxylic acids is 3. The van der Waals surface area contributed by atoms with Gasteiger partial charge in [-0.15, -0.1) is 0 Å². The molecule has 6 unspecified atom stereocenters. The number of hydrogen-bond acceptors (Lipinski definition) is 7. The van der Waals surface area contributed by atoms with Crippen LogP contribution in [-0.2, 0) is 33.6 Å². The zero-order chi connectivity index (χ0) is 24.6. The smallest absolute Gasteiger partial charge is 0.342 e. The predicted molar refractivity (Wildman–Crippen MR) is 122 cm³/mol. The molecule has 7 heteroatoms. The maximum Gasteiger partial charge on any atom is 0.342 e. The van der Waals surface area contributed by atoms with Crippen molar-refractivity contribution >= 4 is 17.9 Å². The molecule has 0 N–H and O–H groups in total. The number of rotatable bonds is 5. The third-order valence-electron chi connectivity index (χ3n) is 8.20. The molecular weight excluding hydrogens is 424 g/mol. The molecule has 0 aromatic rings. The van der Waals surface area contributed by atoms with E-state index in [9.17, 15) is 14.4 Å². The summed E-state index contributed by atoms with van der Waals surface area (Å²) in [6.07, 6.45) is 7.17. The van der Waals surface area contributed by atoms with E-state index in [4.69, 9.17) is 19.2 Å². The van der Waals surface area contributed by atoms with Gasteiger partial charge in [-0.1, -0.05) is 18.6 Å². The van der Waals surface area contributed by atoms with E-state index in [0.717, 1.165) is 32.1 Å². The zero-order valence-electron chi connectivity index (χ0n) is 21.2. The lowest BCUT2D eigenvalue weighted by Gasteiger charge is -2.57. The van der Waals surface area contributed by atoms with Gasteiger partial charge in [0.05, 0.1) is 18.9 Å². The number of carbonyl (C=O) groups is 3. The number of ether oxygens (including phenoxy) is 2. The fourth-order valence-corrected chi connectivity index (χ4v) is 6.53. The molecule has 0 saturated heterocycles. The van der Waals surface area contributed by atoms with Crippen molar-refractivity contribution in [2.75, 3.05) is 7.11 Å². The molecule has 3 aliphatic carbocycles. The maximum atomic E-state index is 12.9. The Hall–Kier alpha value is -1.89. The second kappa shape index (κ2) is 9.40. The molecule has 0 spiro atoms. The summed E-state index contributed by atoms with van der Waals surface area (Å²) in [4.78, 5) is 47.5. The van der Waals surface area contributed by atoms with Crippen molar-refractivity contribution in [1.29, 1.82) is 0 Å². The van der Waals surface area contributed by atoms with Crippen LogP contribution < -0.4 is 0 Å². The van der Waals surface area contributed by atoms with E-state index in [0.29, 0.717) is 12.3 Å². The minimum Gasteiger partial charge on any atom is -0.469 e. The quantitative estimate of drug-likeness (QED) is 0.247. The van der Waals surface area contributed by atoms with E-state index < -0.39 is 17.0 Å². The Morgan fingerprint density at radius 1 is 1.12 bits per heavy atom. The van der Waals surface area contributed by atoms with E-state index in [1.165, 1.54) is 19.6 Å². The van der Waals surface area contributed by atoms with Gasteiger partial charge >= 0.3 is 17.9 Å². The number of hydrogen-bond donors (Lipinski definition) is 0. The first-order chi connectivity index (χ1) is 15.3. The van der Waals surface area contributed by atoms with Crippen molar-refractivity contribution in [3.63, 3.8) is 0 Å². The van der Waals surface area contributed by atoms with E-state index in [2.05, 4.69) is 13.0 Å². The van der Waals surface area contributed by atoms with Crippen molar-refractivity contribution < 1.29 is 33.6 Å². The molecule has 186 valence electrons. The summed E-state index contributed by atoms with van der Waals surface area (Å²) in [6.45, 7) is 11.1. The van der Waals surface area contributed by atoms with Gasteiger partial charge in [0, 0.05) is 13.3 Å². The summed E-state index contributed by atoms with van der Waals surface area (Å²) >= 11 is 0. The van der Waals surface area contributed by atoms with Crippen LogP contribution in [0.15, 0.2) is 11.6 Å². The molecular formula is C26H40O7. The minimum atomic E-state index is -0.757. The van der Waals surface area contributed by atoms with Crippen molar-refractivity contribution in [3.05, 3.63) is 11.6 Å². The highest BCUT2D eigenvalue weighted by atomic mass is 17.2. The van der Waals surface area contributed by atoms with Gasteiger partial charge in [0.25, 0.3) is 0 Å². The Morgan fingerprint density at radius 2 is 1.82 bits per heavy atom. The largest absolute Gasteiger partial charge is 0.469 e. The van der Waals surface area contributed by atoms with Gasteiger partial charge in [0.15, 0.2) is 0 Å². The summed E-state index contributed by atoms with van der Waals surface area (Å²) in [7, 11) is 1.41. The molecule has 0 amide bonds. The van der Waals surface area contributed by atoms with Crippen LogP contribution in [0.1, 0.15) is 86.5 Å². The summed E-state index contributed by atoms with van der Waals surface area (Å²) in [5, 5.41) is 0. The van der Waals surface area contributed by atoms with Crippen LogP contribution in [0.2, 0.25) is 0 Å². The summed E-state index contributed by atoms with van der Waals surface area (Å²) in [5.74, 6) is -0.668. The van der Waals surface area contributed by atoms with E-state index in [1.807, 2.05) is 27.7 Å². The number of methoxy groups -OCH3 is 1. The zero-order valence-corrected chi connectivity index (χ0v) is 21.2. The molecule has 0 heterocycles. The average molecular weight is 465 g/mol.